The Morgan fingerprint density at radius 2 is 2.06 bits per heavy atom. The molecule has 0 bridgehead atoms. The lowest BCUT2D eigenvalue weighted by Crippen LogP contribution is -2.40. The molecular formula is C10H14N2O4S. The maximum Gasteiger partial charge on any atom is 0.321 e. The second kappa shape index (κ2) is 4.80. The van der Waals surface area contributed by atoms with E-state index in [0.717, 1.165) is 4.31 Å². The fourth-order valence-corrected chi connectivity index (χ4v) is 2.40. The number of sulfonamides is 1. The third-order valence-electron chi connectivity index (χ3n) is 2.46. The number of pyridine rings is 1. The van der Waals surface area contributed by atoms with Crippen LogP contribution in [0, 0.1) is 6.92 Å². The summed E-state index contributed by atoms with van der Waals surface area (Å²) in [5.74, 6) is -1.20. The molecule has 1 heterocycles. The highest BCUT2D eigenvalue weighted by Gasteiger charge is 2.29. The number of aliphatic carboxylic acids is 1. The van der Waals surface area contributed by atoms with E-state index in [9.17, 15) is 13.2 Å². The number of likely N-dealkylation sites (N-methyl/N-ethyl adjacent to an activating group) is 1. The van der Waals surface area contributed by atoms with E-state index in [1.807, 2.05) is 0 Å². The molecule has 0 amide bonds. The zero-order chi connectivity index (χ0) is 13.2. The lowest BCUT2D eigenvalue weighted by molar-refractivity contribution is -0.140. The highest BCUT2D eigenvalue weighted by molar-refractivity contribution is 7.89. The quantitative estimate of drug-likeness (QED) is 0.848. The number of hydrogen-bond acceptors (Lipinski definition) is 4. The third kappa shape index (κ3) is 2.80. The van der Waals surface area contributed by atoms with Gasteiger partial charge in [0.05, 0.1) is 0 Å². The van der Waals surface area contributed by atoms with E-state index in [4.69, 9.17) is 5.11 Å². The first-order chi connectivity index (χ1) is 7.76. The van der Waals surface area contributed by atoms with Gasteiger partial charge in [-0.15, -0.1) is 0 Å². The van der Waals surface area contributed by atoms with Crippen LogP contribution < -0.4 is 0 Å². The van der Waals surface area contributed by atoms with Gasteiger partial charge in [-0.3, -0.25) is 9.78 Å². The average Bonchev–Trinajstić information content (AvgIpc) is 2.27. The molecule has 1 aromatic rings. The molecule has 0 saturated heterocycles. The molecule has 94 valence electrons. The Labute approximate surface area is 100.0 Å². The van der Waals surface area contributed by atoms with Crippen LogP contribution in [0.3, 0.4) is 0 Å². The molecule has 1 aromatic heterocycles. The van der Waals surface area contributed by atoms with Crippen molar-refractivity contribution in [2.75, 3.05) is 7.05 Å². The number of rotatable bonds is 4. The molecule has 7 heteroatoms. The van der Waals surface area contributed by atoms with Crippen molar-refractivity contribution in [2.45, 2.75) is 24.8 Å². The fourth-order valence-electron chi connectivity index (χ4n) is 1.14. The van der Waals surface area contributed by atoms with E-state index in [0.29, 0.717) is 5.69 Å². The van der Waals surface area contributed by atoms with Gasteiger partial charge in [0.25, 0.3) is 0 Å². The summed E-state index contributed by atoms with van der Waals surface area (Å²) in [5.41, 5.74) is 0.692. The fraction of sp³-hybridized carbons (Fsp3) is 0.400. The largest absolute Gasteiger partial charge is 0.480 e. The number of aromatic nitrogens is 1. The van der Waals surface area contributed by atoms with Gasteiger partial charge in [0.2, 0.25) is 10.0 Å². The van der Waals surface area contributed by atoms with E-state index in [2.05, 4.69) is 4.98 Å². The van der Waals surface area contributed by atoms with Gasteiger partial charge in [-0.2, -0.15) is 4.31 Å². The number of nitrogens with zero attached hydrogens (tertiary/aromatic N) is 2. The van der Waals surface area contributed by atoms with Gasteiger partial charge in [-0.1, -0.05) is 0 Å². The third-order valence-corrected chi connectivity index (χ3v) is 4.38. The zero-order valence-electron chi connectivity index (χ0n) is 9.78. The summed E-state index contributed by atoms with van der Waals surface area (Å²) >= 11 is 0. The molecule has 1 atom stereocenters. The molecular weight excluding hydrogens is 244 g/mol. The van der Waals surface area contributed by atoms with E-state index in [-0.39, 0.29) is 4.90 Å². The number of aryl methyl sites for hydroxylation is 1. The van der Waals surface area contributed by atoms with Crippen molar-refractivity contribution in [3.63, 3.8) is 0 Å². The molecule has 6 nitrogen and oxygen atoms in total. The van der Waals surface area contributed by atoms with Gasteiger partial charge in [-0.25, -0.2) is 8.42 Å². The van der Waals surface area contributed by atoms with Crippen molar-refractivity contribution in [3.8, 4) is 0 Å². The van der Waals surface area contributed by atoms with Gasteiger partial charge >= 0.3 is 5.97 Å². The normalized spacial score (nSPS) is 13.6. The first kappa shape index (κ1) is 13.6. The minimum Gasteiger partial charge on any atom is -0.480 e. The number of carboxylic acid groups (broad SMARTS) is 1. The monoisotopic (exact) mass is 258 g/mol. The molecule has 0 aliphatic carbocycles. The highest BCUT2D eigenvalue weighted by Crippen LogP contribution is 2.15. The minimum atomic E-state index is -3.81. The Hall–Kier alpha value is -1.47. The van der Waals surface area contributed by atoms with E-state index >= 15 is 0 Å². The van der Waals surface area contributed by atoms with Crippen LogP contribution in [0.25, 0.3) is 0 Å². The summed E-state index contributed by atoms with van der Waals surface area (Å²) in [6, 6.07) is 1.84. The molecule has 1 N–H and O–H groups in total. The SMILES string of the molecule is Cc1ccc(S(=O)(=O)N(C)C(C)C(=O)O)cn1. The second-order valence-electron chi connectivity index (χ2n) is 3.67. The van der Waals surface area contributed by atoms with Gasteiger partial charge < -0.3 is 5.11 Å². The zero-order valence-corrected chi connectivity index (χ0v) is 10.6. The predicted molar refractivity (Wildman–Crippen MR) is 61.0 cm³/mol. The number of hydrogen-bond donors (Lipinski definition) is 1. The molecule has 0 spiro atoms. The topological polar surface area (TPSA) is 87.6 Å². The molecule has 0 aliphatic heterocycles. The van der Waals surface area contributed by atoms with Crippen LogP contribution >= 0.6 is 0 Å². The number of carbonyl (C=O) groups is 1. The van der Waals surface area contributed by atoms with Crippen LogP contribution in [0.4, 0.5) is 0 Å². The predicted octanol–water partition coefficient (Wildman–Crippen LogP) is 0.484. The Bertz CT molecular complexity index is 510. The molecule has 1 unspecified atom stereocenters. The summed E-state index contributed by atoms with van der Waals surface area (Å²) in [6.45, 7) is 3.04. The molecule has 1 rings (SSSR count). The molecule has 0 fully saturated rings. The van der Waals surface area contributed by atoms with Crippen LogP contribution in [-0.2, 0) is 14.8 Å². The van der Waals surface area contributed by atoms with Crippen LogP contribution in [0.1, 0.15) is 12.6 Å². The summed E-state index contributed by atoms with van der Waals surface area (Å²) in [6.07, 6.45) is 1.22. The van der Waals surface area contributed by atoms with Gasteiger partial charge in [-0.05, 0) is 26.0 Å². The maximum absolute atomic E-state index is 12.0. The lowest BCUT2D eigenvalue weighted by atomic mass is 10.4. The first-order valence-corrected chi connectivity index (χ1v) is 6.34. The minimum absolute atomic E-state index is 0.0151. The average molecular weight is 258 g/mol. The van der Waals surface area contributed by atoms with Crippen LogP contribution in [0.5, 0.6) is 0 Å². The van der Waals surface area contributed by atoms with Crippen molar-refractivity contribution >= 4 is 16.0 Å². The molecule has 17 heavy (non-hydrogen) atoms. The molecule has 0 radical (unpaired) electrons. The Morgan fingerprint density at radius 1 is 1.47 bits per heavy atom. The molecule has 0 aliphatic rings. The standard InChI is InChI=1S/C10H14N2O4S/c1-7-4-5-9(6-11-7)17(15,16)12(3)8(2)10(13)14/h4-6,8H,1-3H3,(H,13,14). The van der Waals surface area contributed by atoms with Crippen molar-refractivity contribution in [1.29, 1.82) is 0 Å². The smallest absolute Gasteiger partial charge is 0.321 e. The van der Waals surface area contributed by atoms with Crippen molar-refractivity contribution in [3.05, 3.63) is 24.0 Å². The van der Waals surface area contributed by atoms with Crippen LogP contribution in [0.15, 0.2) is 23.2 Å². The maximum atomic E-state index is 12.0. The van der Waals surface area contributed by atoms with Crippen molar-refractivity contribution < 1.29 is 18.3 Å². The molecule has 0 aromatic carbocycles. The Balaban J connectivity index is 3.11. The number of carboxylic acids is 1. The summed E-state index contributed by atoms with van der Waals surface area (Å²) in [5, 5.41) is 8.79. The summed E-state index contributed by atoms with van der Waals surface area (Å²) in [7, 11) is -2.58. The van der Waals surface area contributed by atoms with Crippen molar-refractivity contribution in [2.24, 2.45) is 0 Å². The van der Waals surface area contributed by atoms with E-state index < -0.39 is 22.0 Å². The summed E-state index contributed by atoms with van der Waals surface area (Å²) < 4.78 is 24.8. The van der Waals surface area contributed by atoms with Crippen LogP contribution in [0.2, 0.25) is 0 Å². The van der Waals surface area contributed by atoms with E-state index in [1.165, 1.54) is 26.2 Å². The summed E-state index contributed by atoms with van der Waals surface area (Å²) in [4.78, 5) is 14.6. The van der Waals surface area contributed by atoms with Crippen LogP contribution in [-0.4, -0.2) is 41.9 Å². The van der Waals surface area contributed by atoms with Gasteiger partial charge in [0, 0.05) is 18.9 Å². The van der Waals surface area contributed by atoms with Crippen molar-refractivity contribution in [1.82, 2.24) is 9.29 Å². The first-order valence-electron chi connectivity index (χ1n) is 4.90. The Morgan fingerprint density at radius 3 is 2.47 bits per heavy atom. The highest BCUT2D eigenvalue weighted by atomic mass is 32.2. The van der Waals surface area contributed by atoms with E-state index in [1.54, 1.807) is 13.0 Å². The Kier molecular flexibility index (Phi) is 3.84. The second-order valence-corrected chi connectivity index (χ2v) is 5.67. The van der Waals surface area contributed by atoms with Gasteiger partial charge in [0.1, 0.15) is 10.9 Å². The lowest BCUT2D eigenvalue weighted by Gasteiger charge is -2.20. The van der Waals surface area contributed by atoms with Gasteiger partial charge in [0.15, 0.2) is 0 Å². The molecule has 0 saturated carbocycles.